The SMILES string of the molecule is Cc1ncc(-c2c(C)ncnc2N2CCOCC2)cc1NS(=O)(=O)c1ccc(F)cc1. The molecule has 8 nitrogen and oxygen atoms in total. The molecule has 0 radical (unpaired) electrons. The zero-order chi connectivity index (χ0) is 22.0. The van der Waals surface area contributed by atoms with E-state index in [0.717, 1.165) is 29.2 Å². The van der Waals surface area contributed by atoms with Crippen molar-refractivity contribution in [2.75, 3.05) is 35.9 Å². The van der Waals surface area contributed by atoms with Gasteiger partial charge in [-0.1, -0.05) is 0 Å². The Bertz CT molecular complexity index is 1200. The average molecular weight is 444 g/mol. The van der Waals surface area contributed by atoms with Gasteiger partial charge in [0.2, 0.25) is 0 Å². The van der Waals surface area contributed by atoms with Gasteiger partial charge in [0.25, 0.3) is 10.0 Å². The lowest BCUT2D eigenvalue weighted by Gasteiger charge is -2.29. The molecule has 0 aliphatic carbocycles. The number of nitrogens with zero attached hydrogens (tertiary/aromatic N) is 4. The fraction of sp³-hybridized carbons (Fsp3) is 0.286. The number of rotatable bonds is 5. The molecule has 3 heterocycles. The van der Waals surface area contributed by atoms with Gasteiger partial charge in [-0.25, -0.2) is 22.8 Å². The van der Waals surface area contributed by atoms with Crippen molar-refractivity contribution in [1.82, 2.24) is 15.0 Å². The lowest BCUT2D eigenvalue weighted by molar-refractivity contribution is 0.122. The first kappa shape index (κ1) is 21.1. The molecule has 10 heteroatoms. The van der Waals surface area contributed by atoms with Gasteiger partial charge in [-0.2, -0.15) is 0 Å². The minimum absolute atomic E-state index is 0.0352. The van der Waals surface area contributed by atoms with Gasteiger partial charge in [0.15, 0.2) is 0 Å². The number of halogens is 1. The van der Waals surface area contributed by atoms with Crippen LogP contribution in [0.15, 0.2) is 47.8 Å². The maximum atomic E-state index is 13.2. The molecule has 1 saturated heterocycles. The summed E-state index contributed by atoms with van der Waals surface area (Å²) in [5, 5.41) is 0. The number of ether oxygens (including phenoxy) is 1. The van der Waals surface area contributed by atoms with E-state index in [1.54, 1.807) is 19.2 Å². The van der Waals surface area contributed by atoms with Crippen LogP contribution in [0.2, 0.25) is 0 Å². The Kier molecular flexibility index (Phi) is 5.84. The molecule has 162 valence electrons. The summed E-state index contributed by atoms with van der Waals surface area (Å²) < 4.78 is 46.8. The molecule has 0 saturated carbocycles. The first-order valence-electron chi connectivity index (χ1n) is 9.75. The van der Waals surface area contributed by atoms with Gasteiger partial charge in [0, 0.05) is 30.4 Å². The van der Waals surface area contributed by atoms with Gasteiger partial charge in [-0.15, -0.1) is 0 Å². The van der Waals surface area contributed by atoms with Crippen LogP contribution >= 0.6 is 0 Å². The van der Waals surface area contributed by atoms with Gasteiger partial charge in [-0.05, 0) is 44.2 Å². The molecule has 0 spiro atoms. The predicted molar refractivity (Wildman–Crippen MR) is 115 cm³/mol. The van der Waals surface area contributed by atoms with E-state index in [1.165, 1.54) is 18.5 Å². The van der Waals surface area contributed by atoms with E-state index < -0.39 is 15.8 Å². The van der Waals surface area contributed by atoms with E-state index in [4.69, 9.17) is 4.74 Å². The topological polar surface area (TPSA) is 97.3 Å². The summed E-state index contributed by atoms with van der Waals surface area (Å²) in [6, 6.07) is 6.37. The van der Waals surface area contributed by atoms with E-state index >= 15 is 0 Å². The minimum Gasteiger partial charge on any atom is -0.378 e. The van der Waals surface area contributed by atoms with Crippen LogP contribution in [0, 0.1) is 19.7 Å². The number of pyridine rings is 1. The lowest BCUT2D eigenvalue weighted by Crippen LogP contribution is -2.37. The molecule has 1 N–H and O–H groups in total. The Morgan fingerprint density at radius 2 is 1.74 bits per heavy atom. The number of morpholine rings is 1. The number of benzene rings is 1. The Hall–Kier alpha value is -3.11. The van der Waals surface area contributed by atoms with Crippen LogP contribution in [0.3, 0.4) is 0 Å². The molecule has 1 fully saturated rings. The molecule has 0 unspecified atom stereocenters. The van der Waals surface area contributed by atoms with Crippen molar-refractivity contribution in [2.24, 2.45) is 0 Å². The highest BCUT2D eigenvalue weighted by atomic mass is 32.2. The largest absolute Gasteiger partial charge is 0.378 e. The zero-order valence-corrected chi connectivity index (χ0v) is 18.0. The maximum absolute atomic E-state index is 13.2. The normalized spacial score (nSPS) is 14.5. The van der Waals surface area contributed by atoms with Crippen molar-refractivity contribution in [3.8, 4) is 11.1 Å². The summed E-state index contributed by atoms with van der Waals surface area (Å²) in [6.45, 7) is 6.21. The Morgan fingerprint density at radius 3 is 2.45 bits per heavy atom. The third-order valence-electron chi connectivity index (χ3n) is 5.07. The second kappa shape index (κ2) is 8.56. The fourth-order valence-corrected chi connectivity index (χ4v) is 4.51. The molecule has 0 atom stereocenters. The van der Waals surface area contributed by atoms with Crippen molar-refractivity contribution in [2.45, 2.75) is 18.7 Å². The number of aromatic nitrogens is 3. The molecule has 1 aliphatic rings. The van der Waals surface area contributed by atoms with Crippen LogP contribution in [0.5, 0.6) is 0 Å². The second-order valence-corrected chi connectivity index (χ2v) is 8.86. The van der Waals surface area contributed by atoms with Crippen molar-refractivity contribution < 1.29 is 17.5 Å². The Morgan fingerprint density at radius 1 is 1.03 bits per heavy atom. The van der Waals surface area contributed by atoms with Crippen LogP contribution < -0.4 is 9.62 Å². The Balaban J connectivity index is 1.73. The molecule has 31 heavy (non-hydrogen) atoms. The highest BCUT2D eigenvalue weighted by Gasteiger charge is 2.21. The standard InChI is InChI=1S/C21H22FN5O3S/c1-14-19(26-31(28,29)18-5-3-17(22)4-6-18)11-16(12-23-14)20-15(2)24-13-25-21(20)27-7-9-30-10-8-27/h3-6,11-13,26H,7-10H2,1-2H3. The summed E-state index contributed by atoms with van der Waals surface area (Å²) in [5.74, 6) is 0.253. The molecule has 4 rings (SSSR count). The van der Waals surface area contributed by atoms with Gasteiger partial charge in [0.05, 0.1) is 35.2 Å². The molecule has 0 amide bonds. The second-order valence-electron chi connectivity index (χ2n) is 7.17. The van der Waals surface area contributed by atoms with Crippen LogP contribution in [-0.2, 0) is 14.8 Å². The maximum Gasteiger partial charge on any atom is 0.261 e. The van der Waals surface area contributed by atoms with Gasteiger partial charge < -0.3 is 9.64 Å². The highest BCUT2D eigenvalue weighted by molar-refractivity contribution is 7.92. The number of hydrogen-bond donors (Lipinski definition) is 1. The molecule has 0 bridgehead atoms. The van der Waals surface area contributed by atoms with E-state index in [9.17, 15) is 12.8 Å². The van der Waals surface area contributed by atoms with Gasteiger partial charge in [-0.3, -0.25) is 9.71 Å². The summed E-state index contributed by atoms with van der Waals surface area (Å²) in [5.41, 5.74) is 3.09. The summed E-state index contributed by atoms with van der Waals surface area (Å²) in [4.78, 5) is 15.3. The van der Waals surface area contributed by atoms with Crippen molar-refractivity contribution in [1.29, 1.82) is 0 Å². The highest BCUT2D eigenvalue weighted by Crippen LogP contribution is 2.33. The van der Waals surface area contributed by atoms with Crippen LogP contribution in [-0.4, -0.2) is 49.7 Å². The number of hydrogen-bond acceptors (Lipinski definition) is 7. The molecule has 2 aromatic heterocycles. The summed E-state index contributed by atoms with van der Waals surface area (Å²) in [7, 11) is -3.91. The van der Waals surface area contributed by atoms with E-state index in [-0.39, 0.29) is 4.90 Å². The predicted octanol–water partition coefficient (Wildman–Crippen LogP) is 2.93. The Labute approximate surface area is 180 Å². The molecular weight excluding hydrogens is 421 g/mol. The number of anilines is 2. The molecule has 1 aliphatic heterocycles. The number of nitrogens with one attached hydrogen (secondary N) is 1. The summed E-state index contributed by atoms with van der Waals surface area (Å²) >= 11 is 0. The smallest absolute Gasteiger partial charge is 0.261 e. The fourth-order valence-electron chi connectivity index (χ4n) is 3.40. The van der Waals surface area contributed by atoms with Crippen molar-refractivity contribution in [3.63, 3.8) is 0 Å². The van der Waals surface area contributed by atoms with Gasteiger partial charge >= 0.3 is 0 Å². The number of sulfonamides is 1. The monoisotopic (exact) mass is 443 g/mol. The van der Waals surface area contributed by atoms with Crippen molar-refractivity contribution in [3.05, 3.63) is 60.1 Å². The lowest BCUT2D eigenvalue weighted by atomic mass is 10.0. The van der Waals surface area contributed by atoms with Gasteiger partial charge in [0.1, 0.15) is 18.0 Å². The molecule has 3 aromatic rings. The van der Waals surface area contributed by atoms with Crippen LogP contribution in [0.4, 0.5) is 15.9 Å². The quantitative estimate of drug-likeness (QED) is 0.647. The third-order valence-corrected chi connectivity index (χ3v) is 6.45. The van der Waals surface area contributed by atoms with Crippen molar-refractivity contribution >= 4 is 21.5 Å². The third kappa shape index (κ3) is 4.49. The van der Waals surface area contributed by atoms with E-state index in [1.807, 2.05) is 6.92 Å². The number of aryl methyl sites for hydroxylation is 2. The summed E-state index contributed by atoms with van der Waals surface area (Å²) in [6.07, 6.45) is 3.20. The van der Waals surface area contributed by atoms with Crippen LogP contribution in [0.25, 0.3) is 11.1 Å². The van der Waals surface area contributed by atoms with E-state index in [0.29, 0.717) is 43.2 Å². The van der Waals surface area contributed by atoms with Crippen LogP contribution in [0.1, 0.15) is 11.4 Å². The minimum atomic E-state index is -3.91. The molecular formula is C21H22FN5O3S. The molecule has 1 aromatic carbocycles. The first-order valence-corrected chi connectivity index (χ1v) is 11.2. The zero-order valence-electron chi connectivity index (χ0n) is 17.2. The average Bonchev–Trinajstić information content (AvgIpc) is 2.76. The van der Waals surface area contributed by atoms with E-state index in [2.05, 4.69) is 24.6 Å². The first-order chi connectivity index (χ1) is 14.8.